The molecule has 0 fully saturated rings. The first-order valence-corrected chi connectivity index (χ1v) is 3.77. The van der Waals surface area contributed by atoms with Gasteiger partial charge in [0.25, 0.3) is 0 Å². The average Bonchev–Trinajstić information content (AvgIpc) is 2.03. The van der Waals surface area contributed by atoms with E-state index in [4.69, 9.17) is 11.6 Å². The van der Waals surface area contributed by atoms with Crippen LogP contribution in [-0.2, 0) is 0 Å². The van der Waals surface area contributed by atoms with Gasteiger partial charge in [0, 0.05) is 11.1 Å². The minimum atomic E-state index is 0.326. The van der Waals surface area contributed by atoms with Crippen LogP contribution in [0.3, 0.4) is 0 Å². The monoisotopic (exact) mass is 182 g/mol. The number of hydrogen-bond donors (Lipinski definition) is 0. The zero-order chi connectivity index (χ0) is 9.14. The van der Waals surface area contributed by atoms with Crippen molar-refractivity contribution >= 4 is 24.2 Å². The van der Waals surface area contributed by atoms with Crippen LogP contribution in [0.5, 0.6) is 0 Å². The standard InChI is InChI=1S/C9H7ClO2/c1-6-2-7(4-11)3-9(10)8(6)5-12/h2-5H,1H3. The summed E-state index contributed by atoms with van der Waals surface area (Å²) in [4.78, 5) is 20.8. The van der Waals surface area contributed by atoms with E-state index < -0.39 is 0 Å². The molecule has 0 aliphatic heterocycles. The van der Waals surface area contributed by atoms with E-state index in [-0.39, 0.29) is 0 Å². The molecule has 0 bridgehead atoms. The van der Waals surface area contributed by atoms with Crippen molar-refractivity contribution in [1.29, 1.82) is 0 Å². The number of benzene rings is 1. The van der Waals surface area contributed by atoms with Crippen molar-refractivity contribution in [3.63, 3.8) is 0 Å². The van der Waals surface area contributed by atoms with Gasteiger partial charge in [0.2, 0.25) is 0 Å². The maximum atomic E-state index is 10.5. The first kappa shape index (κ1) is 8.94. The summed E-state index contributed by atoms with van der Waals surface area (Å²) in [5, 5.41) is 0.326. The zero-order valence-electron chi connectivity index (χ0n) is 6.50. The van der Waals surface area contributed by atoms with Crippen molar-refractivity contribution in [3.8, 4) is 0 Å². The average molecular weight is 183 g/mol. The molecule has 0 heterocycles. The van der Waals surface area contributed by atoms with E-state index in [9.17, 15) is 9.59 Å². The van der Waals surface area contributed by atoms with Crippen molar-refractivity contribution in [2.45, 2.75) is 6.92 Å². The third-order valence-electron chi connectivity index (χ3n) is 1.61. The molecule has 2 nitrogen and oxygen atoms in total. The van der Waals surface area contributed by atoms with Gasteiger partial charge in [0.1, 0.15) is 6.29 Å². The molecule has 0 aliphatic rings. The van der Waals surface area contributed by atoms with Gasteiger partial charge in [-0.1, -0.05) is 11.6 Å². The van der Waals surface area contributed by atoms with Gasteiger partial charge in [0.15, 0.2) is 6.29 Å². The largest absolute Gasteiger partial charge is 0.298 e. The van der Waals surface area contributed by atoms with Crippen LogP contribution < -0.4 is 0 Å². The summed E-state index contributed by atoms with van der Waals surface area (Å²) in [6, 6.07) is 3.11. The second-order valence-electron chi connectivity index (χ2n) is 2.47. The maximum absolute atomic E-state index is 10.5. The summed E-state index contributed by atoms with van der Waals surface area (Å²) in [7, 11) is 0. The molecule has 3 heteroatoms. The van der Waals surface area contributed by atoms with Crippen LogP contribution >= 0.6 is 11.6 Å². The molecule has 0 atom stereocenters. The summed E-state index contributed by atoms with van der Waals surface area (Å²) in [5.74, 6) is 0. The Balaban J connectivity index is 3.36. The minimum Gasteiger partial charge on any atom is -0.298 e. The van der Waals surface area contributed by atoms with Crippen LogP contribution in [0.15, 0.2) is 12.1 Å². The third-order valence-corrected chi connectivity index (χ3v) is 1.93. The van der Waals surface area contributed by atoms with Gasteiger partial charge in [-0.3, -0.25) is 9.59 Å². The van der Waals surface area contributed by atoms with Crippen molar-refractivity contribution in [2.24, 2.45) is 0 Å². The van der Waals surface area contributed by atoms with Crippen molar-refractivity contribution in [3.05, 3.63) is 33.8 Å². The Labute approximate surface area is 75.2 Å². The Morgan fingerprint density at radius 1 is 1.25 bits per heavy atom. The topological polar surface area (TPSA) is 34.1 Å². The molecule has 1 aromatic carbocycles. The lowest BCUT2D eigenvalue weighted by Crippen LogP contribution is -1.91. The van der Waals surface area contributed by atoms with Gasteiger partial charge in [-0.25, -0.2) is 0 Å². The molecule has 1 rings (SSSR count). The van der Waals surface area contributed by atoms with Gasteiger partial charge in [-0.2, -0.15) is 0 Å². The Morgan fingerprint density at radius 2 is 1.92 bits per heavy atom. The molecule has 0 amide bonds. The quantitative estimate of drug-likeness (QED) is 0.658. The molecule has 0 unspecified atom stereocenters. The second kappa shape index (κ2) is 3.50. The van der Waals surface area contributed by atoms with E-state index in [1.807, 2.05) is 0 Å². The highest BCUT2D eigenvalue weighted by Crippen LogP contribution is 2.19. The van der Waals surface area contributed by atoms with Crippen molar-refractivity contribution in [1.82, 2.24) is 0 Å². The highest BCUT2D eigenvalue weighted by atomic mass is 35.5. The molecular weight excluding hydrogens is 176 g/mol. The number of aryl methyl sites for hydroxylation is 1. The van der Waals surface area contributed by atoms with Gasteiger partial charge in [-0.05, 0) is 24.6 Å². The predicted octanol–water partition coefficient (Wildman–Crippen LogP) is 2.27. The van der Waals surface area contributed by atoms with E-state index in [1.54, 1.807) is 13.0 Å². The van der Waals surface area contributed by atoms with Gasteiger partial charge in [0.05, 0.1) is 5.02 Å². The normalized spacial score (nSPS) is 9.50. The second-order valence-corrected chi connectivity index (χ2v) is 2.88. The van der Waals surface area contributed by atoms with Gasteiger partial charge < -0.3 is 0 Å². The lowest BCUT2D eigenvalue weighted by atomic mass is 10.1. The van der Waals surface area contributed by atoms with Crippen LogP contribution in [0.2, 0.25) is 5.02 Å². The first-order chi connectivity index (χ1) is 5.69. The molecule has 0 N–H and O–H groups in total. The van der Waals surface area contributed by atoms with E-state index in [0.29, 0.717) is 28.7 Å². The summed E-state index contributed by atoms with van der Waals surface area (Å²) >= 11 is 5.72. The number of rotatable bonds is 2. The summed E-state index contributed by atoms with van der Waals surface area (Å²) < 4.78 is 0. The number of carbonyl (C=O) groups excluding carboxylic acids is 2. The van der Waals surface area contributed by atoms with Gasteiger partial charge >= 0.3 is 0 Å². The number of carbonyl (C=O) groups is 2. The highest BCUT2D eigenvalue weighted by molar-refractivity contribution is 6.33. The summed E-state index contributed by atoms with van der Waals surface area (Å²) in [5.41, 5.74) is 1.66. The Morgan fingerprint density at radius 3 is 2.33 bits per heavy atom. The SMILES string of the molecule is Cc1cc(C=O)cc(Cl)c1C=O. The minimum absolute atomic E-state index is 0.326. The predicted molar refractivity (Wildman–Crippen MR) is 47.0 cm³/mol. The van der Waals surface area contributed by atoms with Crippen molar-refractivity contribution in [2.75, 3.05) is 0 Å². The zero-order valence-corrected chi connectivity index (χ0v) is 7.26. The molecule has 0 saturated carbocycles. The van der Waals surface area contributed by atoms with Crippen LogP contribution in [-0.4, -0.2) is 12.6 Å². The summed E-state index contributed by atoms with van der Waals surface area (Å²) in [6.07, 6.45) is 1.39. The number of aldehydes is 2. The molecule has 0 saturated heterocycles. The molecule has 12 heavy (non-hydrogen) atoms. The van der Waals surface area contributed by atoms with Gasteiger partial charge in [-0.15, -0.1) is 0 Å². The fraction of sp³-hybridized carbons (Fsp3) is 0.111. The Hall–Kier alpha value is -1.15. The third kappa shape index (κ3) is 1.53. The molecule has 0 spiro atoms. The Bertz CT molecular complexity index is 308. The van der Waals surface area contributed by atoms with Crippen LogP contribution in [0, 0.1) is 6.92 Å². The Kier molecular flexibility index (Phi) is 2.61. The molecule has 0 aliphatic carbocycles. The fourth-order valence-corrected chi connectivity index (χ4v) is 1.32. The lowest BCUT2D eigenvalue weighted by Gasteiger charge is -2.01. The lowest BCUT2D eigenvalue weighted by molar-refractivity contribution is 0.111. The number of hydrogen-bond acceptors (Lipinski definition) is 2. The van der Waals surface area contributed by atoms with E-state index in [1.165, 1.54) is 6.07 Å². The maximum Gasteiger partial charge on any atom is 0.151 e. The molecular formula is C9H7ClO2. The van der Waals surface area contributed by atoms with E-state index in [0.717, 1.165) is 5.56 Å². The first-order valence-electron chi connectivity index (χ1n) is 3.39. The van der Waals surface area contributed by atoms with Crippen LogP contribution in [0.4, 0.5) is 0 Å². The molecule has 62 valence electrons. The number of halogens is 1. The van der Waals surface area contributed by atoms with Crippen molar-refractivity contribution < 1.29 is 9.59 Å². The van der Waals surface area contributed by atoms with E-state index >= 15 is 0 Å². The summed E-state index contributed by atoms with van der Waals surface area (Å²) in [6.45, 7) is 1.74. The molecule has 0 aromatic heterocycles. The molecule has 1 aromatic rings. The smallest absolute Gasteiger partial charge is 0.151 e. The van der Waals surface area contributed by atoms with Crippen LogP contribution in [0.1, 0.15) is 26.3 Å². The highest BCUT2D eigenvalue weighted by Gasteiger charge is 2.04. The molecule has 0 radical (unpaired) electrons. The van der Waals surface area contributed by atoms with Crippen LogP contribution in [0.25, 0.3) is 0 Å². The van der Waals surface area contributed by atoms with E-state index in [2.05, 4.69) is 0 Å². The fourth-order valence-electron chi connectivity index (χ4n) is 0.999.